The minimum Gasteiger partial charge on any atom is -0.369 e. The van der Waals surface area contributed by atoms with Gasteiger partial charge in [-0.25, -0.2) is 0 Å². The molecule has 0 spiro atoms. The van der Waals surface area contributed by atoms with E-state index in [0.29, 0.717) is 6.42 Å². The normalized spacial score (nSPS) is 11.3. The van der Waals surface area contributed by atoms with Crippen LogP contribution in [0.3, 0.4) is 0 Å². The summed E-state index contributed by atoms with van der Waals surface area (Å²) in [4.78, 5) is 12.6. The van der Waals surface area contributed by atoms with Crippen LogP contribution >= 0.6 is 0 Å². The molecule has 0 atom stereocenters. The molecule has 1 aromatic heterocycles. The monoisotopic (exact) mass is 304 g/mol. The summed E-state index contributed by atoms with van der Waals surface area (Å²) in [6, 6.07) is 23.6. The van der Waals surface area contributed by atoms with Crippen molar-refractivity contribution >= 4 is 5.91 Å². The van der Waals surface area contributed by atoms with Crippen molar-refractivity contribution in [3.63, 3.8) is 0 Å². The standard InChI is InChI=1S/C20H20N2O/c21-19(23)20(17-9-3-1-4-10-17,18-11-5-2-6-12-18)13-16-22-14-7-8-15-22/h1-12,14-15H,13,16H2,(H2,21,23). The lowest BCUT2D eigenvalue weighted by atomic mass is 9.71. The molecule has 3 aromatic rings. The molecular weight excluding hydrogens is 284 g/mol. The van der Waals surface area contributed by atoms with Crippen molar-refractivity contribution in [1.29, 1.82) is 0 Å². The van der Waals surface area contributed by atoms with Crippen LogP contribution < -0.4 is 5.73 Å². The minimum absolute atomic E-state index is 0.318. The van der Waals surface area contributed by atoms with E-state index in [0.717, 1.165) is 17.7 Å². The van der Waals surface area contributed by atoms with Gasteiger partial charge in [-0.3, -0.25) is 4.79 Å². The molecule has 0 aliphatic carbocycles. The van der Waals surface area contributed by atoms with Gasteiger partial charge in [-0.1, -0.05) is 60.7 Å². The number of hydrogen-bond donors (Lipinski definition) is 1. The fraction of sp³-hybridized carbons (Fsp3) is 0.150. The van der Waals surface area contributed by atoms with E-state index in [1.807, 2.05) is 85.2 Å². The van der Waals surface area contributed by atoms with Crippen molar-refractivity contribution in [2.45, 2.75) is 18.4 Å². The topological polar surface area (TPSA) is 48.0 Å². The lowest BCUT2D eigenvalue weighted by Crippen LogP contribution is -2.43. The summed E-state index contributed by atoms with van der Waals surface area (Å²) >= 11 is 0. The molecule has 3 rings (SSSR count). The zero-order valence-electron chi connectivity index (χ0n) is 12.9. The van der Waals surface area contributed by atoms with Crippen LogP contribution in [0.15, 0.2) is 85.2 Å². The first-order chi connectivity index (χ1) is 11.2. The van der Waals surface area contributed by atoms with Crippen LogP contribution in [0.2, 0.25) is 0 Å². The molecule has 116 valence electrons. The van der Waals surface area contributed by atoms with E-state index in [1.54, 1.807) is 0 Å². The fourth-order valence-electron chi connectivity index (χ4n) is 3.12. The highest BCUT2D eigenvalue weighted by molar-refractivity contribution is 5.90. The average Bonchev–Trinajstić information content (AvgIpc) is 3.11. The van der Waals surface area contributed by atoms with Gasteiger partial charge in [0.05, 0.1) is 0 Å². The van der Waals surface area contributed by atoms with Crippen LogP contribution in [0.1, 0.15) is 17.5 Å². The summed E-state index contributed by atoms with van der Waals surface area (Å²) in [5, 5.41) is 0. The summed E-state index contributed by atoms with van der Waals surface area (Å²) in [5.41, 5.74) is 6.97. The van der Waals surface area contributed by atoms with Crippen molar-refractivity contribution in [2.75, 3.05) is 0 Å². The van der Waals surface area contributed by atoms with Crippen LogP contribution in [0.4, 0.5) is 0 Å². The van der Waals surface area contributed by atoms with Crippen LogP contribution in [0, 0.1) is 0 Å². The SMILES string of the molecule is NC(=O)C(CCn1cccc1)(c1ccccc1)c1ccccc1. The Morgan fingerprint density at radius 2 is 1.30 bits per heavy atom. The number of rotatable bonds is 6. The van der Waals surface area contributed by atoms with Gasteiger partial charge in [-0.05, 0) is 29.7 Å². The lowest BCUT2D eigenvalue weighted by molar-refractivity contribution is -0.122. The quantitative estimate of drug-likeness (QED) is 0.746. The van der Waals surface area contributed by atoms with Crippen molar-refractivity contribution < 1.29 is 4.79 Å². The first-order valence-corrected chi connectivity index (χ1v) is 7.75. The predicted molar refractivity (Wildman–Crippen MR) is 91.9 cm³/mol. The van der Waals surface area contributed by atoms with E-state index < -0.39 is 5.41 Å². The Hall–Kier alpha value is -2.81. The van der Waals surface area contributed by atoms with Crippen molar-refractivity contribution in [1.82, 2.24) is 4.57 Å². The highest BCUT2D eigenvalue weighted by atomic mass is 16.1. The highest BCUT2D eigenvalue weighted by Crippen LogP contribution is 2.36. The number of carbonyl (C=O) groups excluding carboxylic acids is 1. The summed E-state index contributed by atoms with van der Waals surface area (Å²) < 4.78 is 2.07. The van der Waals surface area contributed by atoms with Gasteiger partial charge in [-0.2, -0.15) is 0 Å². The molecule has 3 heteroatoms. The Balaban J connectivity index is 2.08. The second kappa shape index (κ2) is 6.53. The first kappa shape index (κ1) is 15.1. The summed E-state index contributed by atoms with van der Waals surface area (Å²) in [5.74, 6) is -0.318. The molecule has 2 N–H and O–H groups in total. The molecule has 2 aromatic carbocycles. The van der Waals surface area contributed by atoms with Gasteiger partial charge < -0.3 is 10.3 Å². The molecule has 0 unspecified atom stereocenters. The number of nitrogens with two attached hydrogens (primary N) is 1. The summed E-state index contributed by atoms with van der Waals surface area (Å²) in [6.45, 7) is 0.722. The second-order valence-corrected chi connectivity index (χ2v) is 5.67. The number of primary amides is 1. The van der Waals surface area contributed by atoms with Gasteiger partial charge in [-0.15, -0.1) is 0 Å². The molecule has 0 bridgehead atoms. The predicted octanol–water partition coefficient (Wildman–Crippen LogP) is 3.35. The van der Waals surface area contributed by atoms with Crippen LogP contribution in [-0.4, -0.2) is 10.5 Å². The number of aryl methyl sites for hydroxylation is 1. The third-order valence-corrected chi connectivity index (χ3v) is 4.37. The van der Waals surface area contributed by atoms with Gasteiger partial charge in [0.15, 0.2) is 0 Å². The molecule has 0 fully saturated rings. The maximum atomic E-state index is 12.6. The molecule has 3 nitrogen and oxygen atoms in total. The second-order valence-electron chi connectivity index (χ2n) is 5.67. The van der Waals surface area contributed by atoms with E-state index in [2.05, 4.69) is 4.57 Å². The average molecular weight is 304 g/mol. The lowest BCUT2D eigenvalue weighted by Gasteiger charge is -2.32. The van der Waals surface area contributed by atoms with E-state index >= 15 is 0 Å². The number of nitrogens with zero attached hydrogens (tertiary/aromatic N) is 1. The van der Waals surface area contributed by atoms with E-state index in [4.69, 9.17) is 5.73 Å². The van der Waals surface area contributed by atoms with Crippen molar-refractivity contribution in [3.05, 3.63) is 96.3 Å². The van der Waals surface area contributed by atoms with Crippen LogP contribution in [0.25, 0.3) is 0 Å². The Morgan fingerprint density at radius 1 is 0.826 bits per heavy atom. The smallest absolute Gasteiger partial charge is 0.232 e. The molecule has 23 heavy (non-hydrogen) atoms. The number of benzene rings is 2. The molecule has 0 aliphatic heterocycles. The first-order valence-electron chi connectivity index (χ1n) is 7.75. The Bertz CT molecular complexity index is 709. The Kier molecular flexibility index (Phi) is 4.29. The zero-order chi connectivity index (χ0) is 16.1. The molecule has 0 aliphatic rings. The molecule has 0 radical (unpaired) electrons. The van der Waals surface area contributed by atoms with E-state index in [9.17, 15) is 4.79 Å². The largest absolute Gasteiger partial charge is 0.369 e. The highest BCUT2D eigenvalue weighted by Gasteiger charge is 2.39. The third-order valence-electron chi connectivity index (χ3n) is 4.37. The maximum absolute atomic E-state index is 12.6. The molecule has 0 saturated heterocycles. The van der Waals surface area contributed by atoms with E-state index in [-0.39, 0.29) is 5.91 Å². The van der Waals surface area contributed by atoms with E-state index in [1.165, 1.54) is 0 Å². The third kappa shape index (κ3) is 2.90. The van der Waals surface area contributed by atoms with Gasteiger partial charge in [0.25, 0.3) is 0 Å². The molecule has 0 saturated carbocycles. The minimum atomic E-state index is -0.827. The summed E-state index contributed by atoms with van der Waals surface area (Å²) in [6.07, 6.45) is 4.62. The van der Waals surface area contributed by atoms with Gasteiger partial charge >= 0.3 is 0 Å². The summed E-state index contributed by atoms with van der Waals surface area (Å²) in [7, 11) is 0. The van der Waals surface area contributed by atoms with Crippen LogP contribution in [-0.2, 0) is 16.8 Å². The Morgan fingerprint density at radius 3 is 1.74 bits per heavy atom. The zero-order valence-corrected chi connectivity index (χ0v) is 12.9. The number of amides is 1. The molecule has 1 heterocycles. The fourth-order valence-corrected chi connectivity index (χ4v) is 3.12. The van der Waals surface area contributed by atoms with Gasteiger partial charge in [0.1, 0.15) is 5.41 Å². The maximum Gasteiger partial charge on any atom is 0.232 e. The van der Waals surface area contributed by atoms with Gasteiger partial charge in [0.2, 0.25) is 5.91 Å². The number of aromatic nitrogens is 1. The number of hydrogen-bond acceptors (Lipinski definition) is 1. The van der Waals surface area contributed by atoms with Crippen LogP contribution in [0.5, 0.6) is 0 Å². The molecule has 1 amide bonds. The Labute approximate surface area is 136 Å². The molecular formula is C20H20N2O. The van der Waals surface area contributed by atoms with Crippen molar-refractivity contribution in [3.8, 4) is 0 Å². The van der Waals surface area contributed by atoms with Crippen molar-refractivity contribution in [2.24, 2.45) is 5.73 Å². The number of carbonyl (C=O) groups is 1. The van der Waals surface area contributed by atoms with Gasteiger partial charge in [0, 0.05) is 18.9 Å².